The molecule has 0 radical (unpaired) electrons. The molecule has 0 aliphatic heterocycles. The number of aryl methyl sites for hydroxylation is 1. The van der Waals surface area contributed by atoms with Crippen LogP contribution in [0.1, 0.15) is 36.5 Å². The summed E-state index contributed by atoms with van der Waals surface area (Å²) in [4.78, 5) is 11.0. The molecule has 0 fully saturated rings. The van der Waals surface area contributed by atoms with Gasteiger partial charge < -0.3 is 14.6 Å². The predicted octanol–water partition coefficient (Wildman–Crippen LogP) is 4.57. The van der Waals surface area contributed by atoms with Gasteiger partial charge in [-0.25, -0.2) is 4.79 Å². The molecule has 27 heavy (non-hydrogen) atoms. The Morgan fingerprint density at radius 1 is 1.19 bits per heavy atom. The summed E-state index contributed by atoms with van der Waals surface area (Å²) in [5.41, 5.74) is 2.68. The first-order valence-electron chi connectivity index (χ1n) is 8.72. The third-order valence-electron chi connectivity index (χ3n) is 4.04. The molecule has 1 N–H and O–H groups in total. The van der Waals surface area contributed by atoms with E-state index in [1.807, 2.05) is 12.1 Å². The first kappa shape index (κ1) is 20.1. The van der Waals surface area contributed by atoms with Crippen LogP contribution in [0.15, 0.2) is 48.0 Å². The maximum atomic E-state index is 11.0. The zero-order chi connectivity index (χ0) is 19.8. The minimum Gasteiger partial charge on any atom is -0.490 e. The Morgan fingerprint density at radius 2 is 1.89 bits per heavy atom. The summed E-state index contributed by atoms with van der Waals surface area (Å²) in [5.74, 6) is 0.486. The summed E-state index contributed by atoms with van der Waals surface area (Å²) in [5, 5.41) is 17.9. The number of hydrogen-bond donors (Lipinski definition) is 1. The van der Waals surface area contributed by atoms with Crippen molar-refractivity contribution in [1.82, 2.24) is 0 Å². The lowest BCUT2D eigenvalue weighted by Crippen LogP contribution is -2.10. The van der Waals surface area contributed by atoms with E-state index >= 15 is 0 Å². The number of nitriles is 1. The van der Waals surface area contributed by atoms with Crippen LogP contribution in [-0.4, -0.2) is 24.3 Å². The fraction of sp³-hybridized carbons (Fsp3) is 0.273. The van der Waals surface area contributed by atoms with Gasteiger partial charge in [0.1, 0.15) is 36.4 Å². The molecule has 0 saturated heterocycles. The van der Waals surface area contributed by atoms with E-state index in [0.29, 0.717) is 30.4 Å². The Balaban J connectivity index is 1.98. The Hall–Kier alpha value is -3.26. The van der Waals surface area contributed by atoms with Gasteiger partial charge in [-0.05, 0) is 48.2 Å². The average molecular weight is 365 g/mol. The molecule has 0 saturated carbocycles. The van der Waals surface area contributed by atoms with Crippen molar-refractivity contribution in [3.8, 4) is 17.6 Å². The predicted molar refractivity (Wildman–Crippen MR) is 104 cm³/mol. The molecule has 0 aliphatic carbocycles. The van der Waals surface area contributed by atoms with Gasteiger partial charge in [-0.1, -0.05) is 38.1 Å². The molecular weight excluding hydrogens is 342 g/mol. The van der Waals surface area contributed by atoms with E-state index in [4.69, 9.17) is 19.8 Å². The van der Waals surface area contributed by atoms with E-state index in [1.54, 1.807) is 30.3 Å². The van der Waals surface area contributed by atoms with Gasteiger partial charge in [0.05, 0.1) is 0 Å². The van der Waals surface area contributed by atoms with Crippen LogP contribution in [-0.2, 0) is 4.79 Å². The number of rotatable bonds is 8. The molecule has 0 aliphatic rings. The number of para-hydroxylation sites is 1. The lowest BCUT2D eigenvalue weighted by molar-refractivity contribution is -0.132. The maximum Gasteiger partial charge on any atom is 0.346 e. The second-order valence-electron chi connectivity index (χ2n) is 6.38. The van der Waals surface area contributed by atoms with E-state index < -0.39 is 5.97 Å². The van der Waals surface area contributed by atoms with Gasteiger partial charge in [-0.2, -0.15) is 5.26 Å². The Bertz CT molecular complexity index is 878. The lowest BCUT2D eigenvalue weighted by Gasteiger charge is -2.13. The van der Waals surface area contributed by atoms with Crippen molar-refractivity contribution in [2.24, 2.45) is 0 Å². The van der Waals surface area contributed by atoms with Crippen LogP contribution >= 0.6 is 0 Å². The van der Waals surface area contributed by atoms with Crippen LogP contribution in [0.4, 0.5) is 0 Å². The summed E-state index contributed by atoms with van der Waals surface area (Å²) in [7, 11) is 0. The van der Waals surface area contributed by atoms with E-state index in [9.17, 15) is 4.79 Å². The van der Waals surface area contributed by atoms with Crippen molar-refractivity contribution in [3.63, 3.8) is 0 Å². The number of carboxylic acids is 1. The normalized spacial score (nSPS) is 11.1. The first-order valence-corrected chi connectivity index (χ1v) is 8.72. The van der Waals surface area contributed by atoms with Crippen molar-refractivity contribution in [1.29, 1.82) is 5.26 Å². The van der Waals surface area contributed by atoms with E-state index in [-0.39, 0.29) is 5.57 Å². The Morgan fingerprint density at radius 3 is 2.52 bits per heavy atom. The molecule has 140 valence electrons. The molecule has 0 unspecified atom stereocenters. The van der Waals surface area contributed by atoms with E-state index in [0.717, 1.165) is 5.75 Å². The van der Waals surface area contributed by atoms with Gasteiger partial charge in [0.25, 0.3) is 0 Å². The molecule has 0 aromatic heterocycles. The number of carbonyl (C=O) groups is 1. The second kappa shape index (κ2) is 9.44. The highest BCUT2D eigenvalue weighted by Crippen LogP contribution is 2.24. The smallest absolute Gasteiger partial charge is 0.346 e. The van der Waals surface area contributed by atoms with Gasteiger partial charge in [-0.15, -0.1) is 0 Å². The summed E-state index contributed by atoms with van der Waals surface area (Å²) >= 11 is 0. The molecule has 0 atom stereocenters. The third kappa shape index (κ3) is 5.61. The largest absolute Gasteiger partial charge is 0.490 e. The molecular formula is C22H23NO4. The summed E-state index contributed by atoms with van der Waals surface area (Å²) in [6, 6.07) is 14.7. The number of nitrogens with zero attached hydrogens (tertiary/aromatic N) is 1. The van der Waals surface area contributed by atoms with Crippen molar-refractivity contribution < 1.29 is 19.4 Å². The molecule has 0 heterocycles. The van der Waals surface area contributed by atoms with Crippen molar-refractivity contribution in [2.75, 3.05) is 13.2 Å². The van der Waals surface area contributed by atoms with Crippen LogP contribution in [0.25, 0.3) is 6.08 Å². The van der Waals surface area contributed by atoms with Gasteiger partial charge in [0.2, 0.25) is 0 Å². The minimum absolute atomic E-state index is 0.296. The standard InChI is InChI=1S/C22H23NO4/c1-15(2)20-9-8-19(12-16(20)3)26-10-11-27-21-7-5-4-6-17(21)13-18(14-23)22(24)25/h4-9,12-13,15H,10-11H2,1-3H3,(H,24,25). The average Bonchev–Trinajstić information content (AvgIpc) is 2.63. The summed E-state index contributed by atoms with van der Waals surface area (Å²) in [6.07, 6.45) is 1.30. The van der Waals surface area contributed by atoms with E-state index in [2.05, 4.69) is 26.8 Å². The van der Waals surface area contributed by atoms with Crippen molar-refractivity contribution >= 4 is 12.0 Å². The van der Waals surface area contributed by atoms with Crippen LogP contribution in [0.2, 0.25) is 0 Å². The molecule has 2 rings (SSSR count). The van der Waals surface area contributed by atoms with Gasteiger partial charge in [-0.3, -0.25) is 0 Å². The number of benzene rings is 2. The lowest BCUT2D eigenvalue weighted by atomic mass is 9.98. The number of aliphatic carboxylic acids is 1. The molecule has 5 nitrogen and oxygen atoms in total. The topological polar surface area (TPSA) is 79.5 Å². The van der Waals surface area contributed by atoms with Crippen LogP contribution in [0, 0.1) is 18.3 Å². The molecule has 2 aromatic rings. The highest BCUT2D eigenvalue weighted by Gasteiger charge is 2.09. The number of hydrogen-bond acceptors (Lipinski definition) is 4. The molecule has 0 amide bonds. The highest BCUT2D eigenvalue weighted by atomic mass is 16.5. The molecule has 0 bridgehead atoms. The van der Waals surface area contributed by atoms with Gasteiger partial charge >= 0.3 is 5.97 Å². The quantitative estimate of drug-likeness (QED) is 0.421. The Kier molecular flexibility index (Phi) is 7.01. The fourth-order valence-electron chi connectivity index (χ4n) is 2.73. The molecule has 5 heteroatoms. The minimum atomic E-state index is -1.27. The van der Waals surface area contributed by atoms with Gasteiger partial charge in [0.15, 0.2) is 0 Å². The fourth-order valence-corrected chi connectivity index (χ4v) is 2.73. The monoisotopic (exact) mass is 365 g/mol. The summed E-state index contributed by atoms with van der Waals surface area (Å²) in [6.45, 7) is 7.03. The number of carboxylic acid groups (broad SMARTS) is 1. The zero-order valence-corrected chi connectivity index (χ0v) is 15.7. The SMILES string of the molecule is Cc1cc(OCCOc2ccccc2C=C(C#N)C(=O)O)ccc1C(C)C. The highest BCUT2D eigenvalue weighted by molar-refractivity contribution is 5.96. The maximum absolute atomic E-state index is 11.0. The molecule has 0 spiro atoms. The van der Waals surface area contributed by atoms with Crippen LogP contribution in [0.3, 0.4) is 0 Å². The zero-order valence-electron chi connectivity index (χ0n) is 15.7. The van der Waals surface area contributed by atoms with Crippen LogP contribution < -0.4 is 9.47 Å². The van der Waals surface area contributed by atoms with Crippen molar-refractivity contribution in [2.45, 2.75) is 26.7 Å². The summed E-state index contributed by atoms with van der Waals surface area (Å²) < 4.78 is 11.4. The second-order valence-corrected chi connectivity index (χ2v) is 6.38. The number of ether oxygens (including phenoxy) is 2. The Labute approximate surface area is 159 Å². The van der Waals surface area contributed by atoms with Crippen molar-refractivity contribution in [3.05, 3.63) is 64.7 Å². The van der Waals surface area contributed by atoms with Gasteiger partial charge in [0, 0.05) is 5.56 Å². The first-order chi connectivity index (χ1) is 12.9. The van der Waals surface area contributed by atoms with Crippen LogP contribution in [0.5, 0.6) is 11.5 Å². The molecule has 2 aromatic carbocycles. The van der Waals surface area contributed by atoms with E-state index in [1.165, 1.54) is 17.2 Å². The third-order valence-corrected chi connectivity index (χ3v) is 4.04.